The minimum atomic E-state index is -0.447. The van der Waals surface area contributed by atoms with Crippen molar-refractivity contribution in [1.82, 2.24) is 4.98 Å². The third-order valence-electron chi connectivity index (χ3n) is 1.49. The Hall–Kier alpha value is -0.940. The van der Waals surface area contributed by atoms with Crippen LogP contribution in [0.4, 0.5) is 0 Å². The van der Waals surface area contributed by atoms with Crippen LogP contribution in [0.2, 0.25) is 0 Å². The van der Waals surface area contributed by atoms with Crippen molar-refractivity contribution in [2.75, 3.05) is 7.11 Å². The number of carbonyl (C=O) groups excluding carboxylic acids is 1. The van der Waals surface area contributed by atoms with Crippen LogP contribution in [0.25, 0.3) is 0 Å². The van der Waals surface area contributed by atoms with Crippen molar-refractivity contribution in [2.45, 2.75) is 6.61 Å². The van der Waals surface area contributed by atoms with Crippen molar-refractivity contribution >= 4 is 21.9 Å². The van der Waals surface area contributed by atoms with Gasteiger partial charge in [-0.25, -0.2) is 4.79 Å². The summed E-state index contributed by atoms with van der Waals surface area (Å²) in [5.74, 6) is -0.447. The fourth-order valence-electron chi connectivity index (χ4n) is 0.812. The molecule has 0 aliphatic rings. The third kappa shape index (κ3) is 2.26. The number of rotatable bonds is 2. The molecule has 0 spiro atoms. The Balaban J connectivity index is 3.02. The third-order valence-corrected chi connectivity index (χ3v) is 2.17. The molecule has 4 nitrogen and oxygen atoms in total. The number of esters is 1. The van der Waals surface area contributed by atoms with Crippen molar-refractivity contribution < 1.29 is 14.6 Å². The molecule has 0 amide bonds. The van der Waals surface area contributed by atoms with Gasteiger partial charge in [0.15, 0.2) is 0 Å². The predicted molar refractivity (Wildman–Crippen MR) is 49.2 cm³/mol. The van der Waals surface area contributed by atoms with E-state index in [4.69, 9.17) is 5.11 Å². The zero-order valence-corrected chi connectivity index (χ0v) is 8.54. The number of hydrogen-bond acceptors (Lipinski definition) is 4. The Bertz CT molecular complexity index is 327. The Morgan fingerprint density at radius 2 is 2.46 bits per heavy atom. The van der Waals surface area contributed by atoms with Crippen molar-refractivity contribution in [2.24, 2.45) is 0 Å². The molecule has 0 saturated carbocycles. The highest BCUT2D eigenvalue weighted by Crippen LogP contribution is 2.16. The van der Waals surface area contributed by atoms with Crippen LogP contribution in [0.1, 0.15) is 16.1 Å². The quantitative estimate of drug-likeness (QED) is 0.794. The molecule has 13 heavy (non-hydrogen) atoms. The molecular formula is C8H8BrNO3. The number of aliphatic hydroxyl groups is 1. The maximum atomic E-state index is 11.0. The lowest BCUT2D eigenvalue weighted by atomic mass is 10.2. The Morgan fingerprint density at radius 1 is 1.77 bits per heavy atom. The molecule has 0 atom stereocenters. The molecule has 1 aromatic rings. The Morgan fingerprint density at radius 3 is 2.92 bits per heavy atom. The SMILES string of the molecule is COC(=O)c1cnc(CO)c(Br)c1. The number of carbonyl (C=O) groups is 1. The zero-order chi connectivity index (χ0) is 9.84. The van der Waals surface area contributed by atoms with Crippen LogP contribution in [-0.4, -0.2) is 23.2 Å². The van der Waals surface area contributed by atoms with E-state index in [1.165, 1.54) is 13.3 Å². The lowest BCUT2D eigenvalue weighted by Gasteiger charge is -2.02. The monoisotopic (exact) mass is 245 g/mol. The summed E-state index contributed by atoms with van der Waals surface area (Å²) in [6.45, 7) is -0.165. The predicted octanol–water partition coefficient (Wildman–Crippen LogP) is 1.12. The Labute approximate surface area is 83.7 Å². The minimum absolute atomic E-state index is 0.165. The van der Waals surface area contributed by atoms with Gasteiger partial charge in [0, 0.05) is 10.7 Å². The number of halogens is 1. The van der Waals surface area contributed by atoms with Crippen LogP contribution >= 0.6 is 15.9 Å². The van der Waals surface area contributed by atoms with E-state index in [1.807, 2.05) is 0 Å². The number of nitrogens with zero attached hydrogens (tertiary/aromatic N) is 1. The fourth-order valence-corrected chi connectivity index (χ4v) is 1.29. The molecular weight excluding hydrogens is 238 g/mol. The molecule has 0 saturated heterocycles. The van der Waals surface area contributed by atoms with Gasteiger partial charge in [0.25, 0.3) is 0 Å². The molecule has 0 unspecified atom stereocenters. The summed E-state index contributed by atoms with van der Waals surface area (Å²) in [5, 5.41) is 8.80. The smallest absolute Gasteiger partial charge is 0.339 e. The van der Waals surface area contributed by atoms with Gasteiger partial charge in [-0.05, 0) is 22.0 Å². The number of hydrogen-bond donors (Lipinski definition) is 1. The lowest BCUT2D eigenvalue weighted by molar-refractivity contribution is 0.0600. The van der Waals surface area contributed by atoms with Crippen LogP contribution in [0.3, 0.4) is 0 Å². The number of aliphatic hydroxyl groups excluding tert-OH is 1. The van der Waals surface area contributed by atoms with Crippen LogP contribution in [0.15, 0.2) is 16.7 Å². The average molecular weight is 246 g/mol. The summed E-state index contributed by atoms with van der Waals surface area (Å²) in [4.78, 5) is 14.9. The van der Waals surface area contributed by atoms with Crippen molar-refractivity contribution in [1.29, 1.82) is 0 Å². The second-order valence-electron chi connectivity index (χ2n) is 2.30. The van der Waals surface area contributed by atoms with Crippen LogP contribution in [0, 0.1) is 0 Å². The molecule has 0 aliphatic carbocycles. The van der Waals surface area contributed by atoms with Gasteiger partial charge in [0.2, 0.25) is 0 Å². The molecule has 1 rings (SSSR count). The highest BCUT2D eigenvalue weighted by atomic mass is 79.9. The van der Waals surface area contributed by atoms with Gasteiger partial charge in [-0.15, -0.1) is 0 Å². The number of ether oxygens (including phenoxy) is 1. The van der Waals surface area contributed by atoms with Gasteiger partial charge in [0.1, 0.15) is 0 Å². The normalized spacial score (nSPS) is 9.77. The summed E-state index contributed by atoms with van der Waals surface area (Å²) >= 11 is 3.17. The topological polar surface area (TPSA) is 59.4 Å². The van der Waals surface area contributed by atoms with Crippen LogP contribution < -0.4 is 0 Å². The first-order valence-electron chi connectivity index (χ1n) is 3.52. The van der Waals surface area contributed by atoms with Gasteiger partial charge in [-0.3, -0.25) is 4.98 Å². The molecule has 0 aliphatic heterocycles. The van der Waals surface area contributed by atoms with E-state index < -0.39 is 5.97 Å². The summed E-state index contributed by atoms with van der Waals surface area (Å²) in [7, 11) is 1.30. The standard InChI is InChI=1S/C8H8BrNO3/c1-13-8(12)5-2-6(9)7(4-11)10-3-5/h2-3,11H,4H2,1H3. The molecule has 0 fully saturated rings. The van der Waals surface area contributed by atoms with E-state index in [0.29, 0.717) is 15.7 Å². The zero-order valence-electron chi connectivity index (χ0n) is 6.95. The largest absolute Gasteiger partial charge is 0.465 e. The van der Waals surface area contributed by atoms with E-state index in [-0.39, 0.29) is 6.61 Å². The van der Waals surface area contributed by atoms with E-state index in [0.717, 1.165) is 0 Å². The van der Waals surface area contributed by atoms with Gasteiger partial charge in [0.05, 0.1) is 25.0 Å². The van der Waals surface area contributed by atoms with Crippen LogP contribution in [-0.2, 0) is 11.3 Å². The van der Waals surface area contributed by atoms with Crippen LogP contribution in [0.5, 0.6) is 0 Å². The highest BCUT2D eigenvalue weighted by molar-refractivity contribution is 9.10. The second-order valence-corrected chi connectivity index (χ2v) is 3.16. The average Bonchev–Trinajstić information content (AvgIpc) is 2.16. The summed E-state index contributed by atoms with van der Waals surface area (Å²) in [6.07, 6.45) is 1.36. The molecule has 70 valence electrons. The number of aromatic nitrogens is 1. The summed E-state index contributed by atoms with van der Waals surface area (Å²) in [6, 6.07) is 1.56. The van der Waals surface area contributed by atoms with Gasteiger partial charge < -0.3 is 9.84 Å². The maximum absolute atomic E-state index is 11.0. The summed E-state index contributed by atoms with van der Waals surface area (Å²) in [5.41, 5.74) is 0.847. The van der Waals surface area contributed by atoms with E-state index >= 15 is 0 Å². The van der Waals surface area contributed by atoms with E-state index in [2.05, 4.69) is 25.7 Å². The molecule has 1 heterocycles. The van der Waals surface area contributed by atoms with Crippen molar-refractivity contribution in [3.8, 4) is 0 Å². The second kappa shape index (κ2) is 4.34. The van der Waals surface area contributed by atoms with Gasteiger partial charge in [-0.2, -0.15) is 0 Å². The molecule has 0 aromatic carbocycles. The summed E-state index contributed by atoms with van der Waals surface area (Å²) < 4.78 is 5.10. The minimum Gasteiger partial charge on any atom is -0.465 e. The van der Waals surface area contributed by atoms with Crippen molar-refractivity contribution in [3.05, 3.63) is 28.0 Å². The molecule has 0 bridgehead atoms. The van der Waals surface area contributed by atoms with E-state index in [1.54, 1.807) is 6.07 Å². The van der Waals surface area contributed by atoms with Gasteiger partial charge in [-0.1, -0.05) is 0 Å². The Kier molecular flexibility index (Phi) is 3.39. The highest BCUT2D eigenvalue weighted by Gasteiger charge is 2.08. The molecule has 1 aromatic heterocycles. The number of pyridine rings is 1. The fraction of sp³-hybridized carbons (Fsp3) is 0.250. The molecule has 5 heteroatoms. The van der Waals surface area contributed by atoms with Gasteiger partial charge >= 0.3 is 5.97 Å². The first-order chi connectivity index (χ1) is 6.19. The van der Waals surface area contributed by atoms with E-state index in [9.17, 15) is 4.79 Å². The first kappa shape index (κ1) is 10.1. The number of methoxy groups -OCH3 is 1. The lowest BCUT2D eigenvalue weighted by Crippen LogP contribution is -2.03. The maximum Gasteiger partial charge on any atom is 0.339 e. The molecule has 1 N–H and O–H groups in total. The van der Waals surface area contributed by atoms with Crippen molar-refractivity contribution in [3.63, 3.8) is 0 Å². The first-order valence-corrected chi connectivity index (χ1v) is 4.32. The molecule has 0 radical (unpaired) electrons.